The van der Waals surface area contributed by atoms with Crippen LogP contribution in [0.4, 0.5) is 0 Å². The molecule has 1 N–H and O–H groups in total. The highest BCUT2D eigenvalue weighted by Crippen LogP contribution is 2.43. The molecule has 0 radical (unpaired) electrons. The van der Waals surface area contributed by atoms with Crippen molar-refractivity contribution in [2.45, 2.75) is 24.7 Å². The Hall–Kier alpha value is 0.250. The summed E-state index contributed by atoms with van der Waals surface area (Å²) in [7, 11) is 0. The third kappa shape index (κ3) is 2.70. The third-order valence-electron chi connectivity index (χ3n) is 4.26. The van der Waals surface area contributed by atoms with Crippen LogP contribution in [0.25, 0.3) is 0 Å². The number of carbonyl (C=O) groups is 1. The summed E-state index contributed by atoms with van der Waals surface area (Å²) in [6.45, 7) is 1.20. The maximum atomic E-state index is 12.0. The number of carbonyl (C=O) groups excluding carboxylic acids is 1. The van der Waals surface area contributed by atoms with Gasteiger partial charge in [-0.15, -0.1) is 0 Å². The molecule has 0 aromatic heterocycles. The Morgan fingerprint density at radius 3 is 2.68 bits per heavy atom. The summed E-state index contributed by atoms with van der Waals surface area (Å²) in [5, 5.41) is 10.7. The van der Waals surface area contributed by atoms with Crippen molar-refractivity contribution in [3.8, 4) is 0 Å². The summed E-state index contributed by atoms with van der Waals surface area (Å²) in [4.78, 5) is 12.0. The fraction of sp³-hybridized carbons (Fsp3) is 0.923. The molecule has 0 bridgehead atoms. The topological polar surface area (TPSA) is 55.8 Å². The van der Waals surface area contributed by atoms with Crippen LogP contribution in [0, 0.1) is 11.8 Å². The first kappa shape index (κ1) is 14.2. The van der Waals surface area contributed by atoms with Crippen molar-refractivity contribution in [2.24, 2.45) is 11.8 Å². The van der Waals surface area contributed by atoms with Crippen LogP contribution in [0.5, 0.6) is 0 Å². The van der Waals surface area contributed by atoms with Crippen molar-refractivity contribution >= 4 is 29.3 Å². The zero-order chi connectivity index (χ0) is 13.3. The smallest absolute Gasteiger partial charge is 0.175 e. The lowest BCUT2D eigenvalue weighted by molar-refractivity contribution is -0.217. The Kier molecular flexibility index (Phi) is 4.43. The molecule has 3 aliphatic rings. The Balaban J connectivity index is 1.76. The molecule has 0 aromatic rings. The summed E-state index contributed by atoms with van der Waals surface area (Å²) in [5.41, 5.74) is 0. The minimum absolute atomic E-state index is 0.0820. The monoisotopic (exact) mass is 304 g/mol. The van der Waals surface area contributed by atoms with Crippen LogP contribution in [-0.2, 0) is 14.3 Å². The third-order valence-corrected chi connectivity index (χ3v) is 6.44. The van der Waals surface area contributed by atoms with Gasteiger partial charge in [0.05, 0.1) is 25.2 Å². The second-order valence-electron chi connectivity index (χ2n) is 5.33. The fourth-order valence-electron chi connectivity index (χ4n) is 3.16. The molecule has 3 unspecified atom stereocenters. The molecule has 3 rings (SSSR count). The van der Waals surface area contributed by atoms with Crippen LogP contribution >= 0.6 is 23.5 Å². The van der Waals surface area contributed by atoms with E-state index in [0.717, 1.165) is 29.4 Å². The minimum Gasteiger partial charge on any atom is -0.392 e. The van der Waals surface area contributed by atoms with Crippen LogP contribution in [0.3, 0.4) is 0 Å². The van der Waals surface area contributed by atoms with Gasteiger partial charge in [-0.3, -0.25) is 4.79 Å². The molecule has 0 saturated carbocycles. The number of ketones is 1. The molecule has 4 nitrogen and oxygen atoms in total. The molecule has 0 amide bonds. The van der Waals surface area contributed by atoms with Crippen LogP contribution < -0.4 is 0 Å². The molecule has 6 heteroatoms. The van der Waals surface area contributed by atoms with Crippen molar-refractivity contribution in [2.75, 3.05) is 36.2 Å². The number of aliphatic hydroxyl groups excluding tert-OH is 1. The van der Waals surface area contributed by atoms with Gasteiger partial charge >= 0.3 is 0 Å². The van der Waals surface area contributed by atoms with E-state index in [1.54, 1.807) is 11.8 Å². The molecule has 3 fully saturated rings. The number of Topliss-reactive ketones (excluding diaryl/α,β-unsaturated/α-hetero) is 1. The van der Waals surface area contributed by atoms with Crippen LogP contribution in [0.1, 0.15) is 12.8 Å². The molecule has 3 atom stereocenters. The van der Waals surface area contributed by atoms with E-state index in [9.17, 15) is 9.90 Å². The minimum atomic E-state index is -0.633. The first-order valence-corrected chi connectivity index (χ1v) is 9.18. The lowest BCUT2D eigenvalue weighted by atomic mass is 9.82. The summed E-state index contributed by atoms with van der Waals surface area (Å²) in [5.74, 6) is 2.68. The van der Waals surface area contributed by atoms with E-state index in [1.807, 2.05) is 11.8 Å². The molecule has 0 aromatic carbocycles. The van der Waals surface area contributed by atoms with Gasteiger partial charge in [0.2, 0.25) is 0 Å². The predicted octanol–water partition coefficient (Wildman–Crippen LogP) is 1.17. The molecule has 3 heterocycles. The largest absolute Gasteiger partial charge is 0.392 e. The van der Waals surface area contributed by atoms with E-state index in [2.05, 4.69) is 0 Å². The van der Waals surface area contributed by atoms with E-state index in [0.29, 0.717) is 19.6 Å². The standard InChI is InChI=1S/C13H20O4S2/c14-11-1-5-18-7-9(11)12(15)10-8-19-6-2-13(10)16-3-4-17-13/h9-10,12,15H,1-8H2. The Bertz CT molecular complexity index is 344. The van der Waals surface area contributed by atoms with Gasteiger partial charge in [0.25, 0.3) is 0 Å². The summed E-state index contributed by atoms with van der Waals surface area (Å²) in [6.07, 6.45) is 0.764. The number of ether oxygens (including phenoxy) is 2. The van der Waals surface area contributed by atoms with Crippen LogP contribution in [0.2, 0.25) is 0 Å². The fourth-order valence-corrected chi connectivity index (χ4v) is 5.61. The average Bonchev–Trinajstić information content (AvgIpc) is 2.88. The highest BCUT2D eigenvalue weighted by molar-refractivity contribution is 7.99. The van der Waals surface area contributed by atoms with Gasteiger partial charge in [-0.25, -0.2) is 0 Å². The van der Waals surface area contributed by atoms with E-state index in [4.69, 9.17) is 9.47 Å². The van der Waals surface area contributed by atoms with Crippen molar-refractivity contribution in [1.29, 1.82) is 0 Å². The highest BCUT2D eigenvalue weighted by atomic mass is 32.2. The average molecular weight is 304 g/mol. The molecule has 1 spiro atoms. The quantitative estimate of drug-likeness (QED) is 0.826. The molecular weight excluding hydrogens is 284 g/mol. The number of hydrogen-bond acceptors (Lipinski definition) is 6. The number of hydrogen-bond donors (Lipinski definition) is 1. The van der Waals surface area contributed by atoms with Gasteiger partial charge in [0, 0.05) is 36.0 Å². The Morgan fingerprint density at radius 1 is 1.21 bits per heavy atom. The first-order chi connectivity index (χ1) is 9.23. The van der Waals surface area contributed by atoms with Gasteiger partial charge in [-0.05, 0) is 5.75 Å². The molecular formula is C13H20O4S2. The van der Waals surface area contributed by atoms with E-state index < -0.39 is 11.9 Å². The van der Waals surface area contributed by atoms with Gasteiger partial charge in [0.1, 0.15) is 5.78 Å². The van der Waals surface area contributed by atoms with Crippen molar-refractivity contribution in [3.05, 3.63) is 0 Å². The molecule has 3 aliphatic heterocycles. The van der Waals surface area contributed by atoms with Crippen molar-refractivity contribution in [3.63, 3.8) is 0 Å². The maximum absolute atomic E-state index is 12.0. The lowest BCUT2D eigenvalue weighted by Gasteiger charge is -2.43. The van der Waals surface area contributed by atoms with Crippen LogP contribution in [-0.4, -0.2) is 59.0 Å². The normalized spacial score (nSPS) is 36.6. The molecule has 3 saturated heterocycles. The highest BCUT2D eigenvalue weighted by Gasteiger charge is 2.51. The van der Waals surface area contributed by atoms with Crippen LogP contribution in [0.15, 0.2) is 0 Å². The van der Waals surface area contributed by atoms with Crippen molar-refractivity contribution in [1.82, 2.24) is 0 Å². The first-order valence-electron chi connectivity index (χ1n) is 6.87. The number of rotatable bonds is 2. The van der Waals surface area contributed by atoms with E-state index in [-0.39, 0.29) is 17.6 Å². The SMILES string of the molecule is O=C1CCSCC1C(O)C1CSCCC12OCCO2. The summed E-state index contributed by atoms with van der Waals surface area (Å²) in [6, 6.07) is 0. The number of thioether (sulfide) groups is 2. The molecule has 19 heavy (non-hydrogen) atoms. The zero-order valence-electron chi connectivity index (χ0n) is 10.9. The van der Waals surface area contributed by atoms with Gasteiger partial charge < -0.3 is 14.6 Å². The van der Waals surface area contributed by atoms with Gasteiger partial charge in [-0.1, -0.05) is 0 Å². The Morgan fingerprint density at radius 2 is 1.95 bits per heavy atom. The van der Waals surface area contributed by atoms with Gasteiger partial charge in [0.15, 0.2) is 5.79 Å². The Labute approximate surface area is 122 Å². The second-order valence-corrected chi connectivity index (χ2v) is 7.63. The molecule has 0 aliphatic carbocycles. The predicted molar refractivity (Wildman–Crippen MR) is 76.5 cm³/mol. The second kappa shape index (κ2) is 5.93. The maximum Gasteiger partial charge on any atom is 0.175 e. The summed E-state index contributed by atoms with van der Waals surface area (Å²) >= 11 is 3.58. The van der Waals surface area contributed by atoms with E-state index in [1.165, 1.54) is 0 Å². The summed E-state index contributed by atoms with van der Waals surface area (Å²) < 4.78 is 11.7. The lowest BCUT2D eigenvalue weighted by Crippen LogP contribution is -2.53. The van der Waals surface area contributed by atoms with E-state index >= 15 is 0 Å². The number of aliphatic hydroxyl groups is 1. The molecule has 108 valence electrons. The van der Waals surface area contributed by atoms with Crippen molar-refractivity contribution < 1.29 is 19.4 Å². The zero-order valence-corrected chi connectivity index (χ0v) is 12.5. The van der Waals surface area contributed by atoms with Gasteiger partial charge in [-0.2, -0.15) is 23.5 Å².